The molecule has 0 aliphatic rings. The van der Waals surface area contributed by atoms with Crippen LogP contribution in [-0.4, -0.2) is 48.3 Å². The molecule has 0 aromatic rings. The lowest BCUT2D eigenvalue weighted by Gasteiger charge is -2.23. The van der Waals surface area contributed by atoms with Crippen molar-refractivity contribution in [3.8, 4) is 0 Å². The van der Waals surface area contributed by atoms with E-state index in [1.807, 2.05) is 0 Å². The maximum absolute atomic E-state index is 11.4. The minimum atomic E-state index is -1.04. The lowest BCUT2D eigenvalue weighted by Crippen LogP contribution is -2.43. The second kappa shape index (κ2) is 6.44. The quantitative estimate of drug-likeness (QED) is 0.460. The Hall–Kier alpha value is -1.14. The monoisotopic (exact) mass is 232 g/mol. The highest BCUT2D eigenvalue weighted by Gasteiger charge is 2.26. The van der Waals surface area contributed by atoms with Crippen LogP contribution in [0.4, 0.5) is 0 Å². The maximum Gasteiger partial charge on any atom is 0.306 e. The Morgan fingerprint density at radius 3 is 2.38 bits per heavy atom. The zero-order valence-electron chi connectivity index (χ0n) is 9.91. The van der Waals surface area contributed by atoms with Crippen molar-refractivity contribution in [3.05, 3.63) is 0 Å². The first-order valence-electron chi connectivity index (χ1n) is 5.12. The van der Waals surface area contributed by atoms with E-state index >= 15 is 0 Å². The third kappa shape index (κ3) is 5.67. The molecule has 6 nitrogen and oxygen atoms in total. The summed E-state index contributed by atoms with van der Waals surface area (Å²) < 4.78 is 0. The zero-order valence-corrected chi connectivity index (χ0v) is 9.91. The molecule has 94 valence electrons. The van der Waals surface area contributed by atoms with Crippen molar-refractivity contribution < 1.29 is 19.8 Å². The van der Waals surface area contributed by atoms with Crippen LogP contribution in [0.1, 0.15) is 20.3 Å². The summed E-state index contributed by atoms with van der Waals surface area (Å²) in [5.74, 6) is -1.15. The molecule has 1 amide bonds. The Labute approximate surface area is 95.0 Å². The number of rotatable bonds is 7. The van der Waals surface area contributed by atoms with Crippen LogP contribution in [0, 0.1) is 5.41 Å². The summed E-state index contributed by atoms with van der Waals surface area (Å²) in [6, 6.07) is 0. The summed E-state index contributed by atoms with van der Waals surface area (Å²) >= 11 is 0. The van der Waals surface area contributed by atoms with Gasteiger partial charge in [-0.1, -0.05) is 0 Å². The summed E-state index contributed by atoms with van der Waals surface area (Å²) in [5.41, 5.74) is -0.586. The third-order valence-electron chi connectivity index (χ3n) is 2.20. The third-order valence-corrected chi connectivity index (χ3v) is 2.20. The SMILES string of the molecule is CNC(=O)C(C)(C)CNCC(O)CC(=O)O. The van der Waals surface area contributed by atoms with Gasteiger partial charge in [-0.15, -0.1) is 0 Å². The van der Waals surface area contributed by atoms with Crippen molar-refractivity contribution in [3.63, 3.8) is 0 Å². The molecule has 0 saturated heterocycles. The minimum absolute atomic E-state index is 0.104. The van der Waals surface area contributed by atoms with Gasteiger partial charge in [-0.05, 0) is 13.8 Å². The van der Waals surface area contributed by atoms with Gasteiger partial charge < -0.3 is 20.8 Å². The van der Waals surface area contributed by atoms with Crippen LogP contribution in [0.2, 0.25) is 0 Å². The number of hydrogen-bond donors (Lipinski definition) is 4. The molecular weight excluding hydrogens is 212 g/mol. The van der Waals surface area contributed by atoms with E-state index in [0.717, 1.165) is 0 Å². The molecule has 1 atom stereocenters. The van der Waals surface area contributed by atoms with Gasteiger partial charge >= 0.3 is 5.97 Å². The number of carboxylic acid groups (broad SMARTS) is 1. The summed E-state index contributed by atoms with van der Waals surface area (Å²) in [6.07, 6.45) is -1.23. The summed E-state index contributed by atoms with van der Waals surface area (Å²) in [4.78, 5) is 21.7. The molecule has 0 aliphatic heterocycles. The molecule has 16 heavy (non-hydrogen) atoms. The Kier molecular flexibility index (Phi) is 5.98. The molecule has 0 rings (SSSR count). The van der Waals surface area contributed by atoms with Gasteiger partial charge in [0.05, 0.1) is 17.9 Å². The van der Waals surface area contributed by atoms with Crippen LogP contribution in [0.25, 0.3) is 0 Å². The molecule has 0 aromatic carbocycles. The number of carbonyl (C=O) groups excluding carboxylic acids is 1. The van der Waals surface area contributed by atoms with Crippen LogP contribution < -0.4 is 10.6 Å². The first kappa shape index (κ1) is 14.9. The molecule has 0 heterocycles. The van der Waals surface area contributed by atoms with E-state index in [-0.39, 0.29) is 18.9 Å². The molecule has 1 unspecified atom stereocenters. The second-order valence-electron chi connectivity index (χ2n) is 4.35. The molecule has 0 fully saturated rings. The molecule has 0 spiro atoms. The van der Waals surface area contributed by atoms with E-state index in [0.29, 0.717) is 6.54 Å². The predicted molar refractivity (Wildman–Crippen MR) is 59.0 cm³/mol. The van der Waals surface area contributed by atoms with Crippen molar-refractivity contribution in [1.82, 2.24) is 10.6 Å². The van der Waals surface area contributed by atoms with E-state index in [9.17, 15) is 14.7 Å². The van der Waals surface area contributed by atoms with Crippen molar-refractivity contribution in [2.45, 2.75) is 26.4 Å². The number of hydrogen-bond acceptors (Lipinski definition) is 4. The number of nitrogens with one attached hydrogen (secondary N) is 2. The number of carbonyl (C=O) groups is 2. The van der Waals surface area contributed by atoms with Gasteiger partial charge in [0.25, 0.3) is 0 Å². The van der Waals surface area contributed by atoms with E-state index in [2.05, 4.69) is 10.6 Å². The Morgan fingerprint density at radius 2 is 1.94 bits per heavy atom. The molecule has 0 bridgehead atoms. The van der Waals surface area contributed by atoms with Crippen molar-refractivity contribution in [2.24, 2.45) is 5.41 Å². The first-order chi connectivity index (χ1) is 7.29. The molecule has 6 heteroatoms. The second-order valence-corrected chi connectivity index (χ2v) is 4.35. The molecule has 0 saturated carbocycles. The normalized spacial score (nSPS) is 13.2. The number of carboxylic acids is 1. The first-order valence-corrected chi connectivity index (χ1v) is 5.12. The average Bonchev–Trinajstić information content (AvgIpc) is 2.14. The molecule has 0 aliphatic carbocycles. The lowest BCUT2D eigenvalue weighted by atomic mass is 9.92. The molecular formula is C10H20N2O4. The summed E-state index contributed by atoms with van der Waals surface area (Å²) in [5, 5.41) is 23.1. The van der Waals surface area contributed by atoms with Crippen LogP contribution in [-0.2, 0) is 9.59 Å². The Bertz CT molecular complexity index is 253. The van der Waals surface area contributed by atoms with Gasteiger partial charge in [0.2, 0.25) is 5.91 Å². The minimum Gasteiger partial charge on any atom is -0.481 e. The van der Waals surface area contributed by atoms with E-state index < -0.39 is 17.5 Å². The Morgan fingerprint density at radius 1 is 1.38 bits per heavy atom. The van der Waals surface area contributed by atoms with Crippen LogP contribution >= 0.6 is 0 Å². The number of aliphatic hydroxyl groups is 1. The maximum atomic E-state index is 11.4. The zero-order chi connectivity index (χ0) is 12.8. The fourth-order valence-electron chi connectivity index (χ4n) is 1.24. The number of aliphatic hydroxyl groups excluding tert-OH is 1. The molecule has 0 radical (unpaired) electrons. The predicted octanol–water partition coefficient (Wildman–Crippen LogP) is -0.816. The standard InChI is InChI=1S/C10H20N2O4/c1-10(2,9(16)11-3)6-12-5-7(13)4-8(14)15/h7,12-13H,4-6H2,1-3H3,(H,11,16)(H,14,15). The lowest BCUT2D eigenvalue weighted by molar-refractivity contribution is -0.139. The van der Waals surface area contributed by atoms with Gasteiger partial charge in [0, 0.05) is 20.1 Å². The molecule has 0 aromatic heterocycles. The summed E-state index contributed by atoms with van der Waals surface area (Å²) in [6.45, 7) is 4.07. The van der Waals surface area contributed by atoms with Crippen molar-refractivity contribution in [1.29, 1.82) is 0 Å². The van der Waals surface area contributed by atoms with Crippen LogP contribution in [0.15, 0.2) is 0 Å². The van der Waals surface area contributed by atoms with Crippen molar-refractivity contribution in [2.75, 3.05) is 20.1 Å². The fourth-order valence-corrected chi connectivity index (χ4v) is 1.24. The van der Waals surface area contributed by atoms with Gasteiger partial charge in [-0.3, -0.25) is 9.59 Å². The highest BCUT2D eigenvalue weighted by molar-refractivity contribution is 5.81. The molecule has 4 N–H and O–H groups in total. The Balaban J connectivity index is 3.89. The average molecular weight is 232 g/mol. The van der Waals surface area contributed by atoms with Crippen LogP contribution in [0.3, 0.4) is 0 Å². The van der Waals surface area contributed by atoms with Gasteiger partial charge in [-0.25, -0.2) is 0 Å². The van der Waals surface area contributed by atoms with Gasteiger partial charge in [0.1, 0.15) is 0 Å². The number of amides is 1. The van der Waals surface area contributed by atoms with E-state index in [1.165, 1.54) is 0 Å². The van der Waals surface area contributed by atoms with E-state index in [4.69, 9.17) is 5.11 Å². The largest absolute Gasteiger partial charge is 0.481 e. The van der Waals surface area contributed by atoms with Gasteiger partial charge in [-0.2, -0.15) is 0 Å². The summed E-state index contributed by atoms with van der Waals surface area (Å²) in [7, 11) is 1.56. The fraction of sp³-hybridized carbons (Fsp3) is 0.800. The topological polar surface area (TPSA) is 98.7 Å². The highest BCUT2D eigenvalue weighted by Crippen LogP contribution is 2.12. The van der Waals surface area contributed by atoms with E-state index in [1.54, 1.807) is 20.9 Å². The van der Waals surface area contributed by atoms with Crippen molar-refractivity contribution >= 4 is 11.9 Å². The highest BCUT2D eigenvalue weighted by atomic mass is 16.4. The number of aliphatic carboxylic acids is 1. The van der Waals surface area contributed by atoms with Crippen LogP contribution in [0.5, 0.6) is 0 Å². The smallest absolute Gasteiger partial charge is 0.306 e. The van der Waals surface area contributed by atoms with Gasteiger partial charge in [0.15, 0.2) is 0 Å².